The molecule has 0 aromatic heterocycles. The monoisotopic (exact) mass is 328 g/mol. The van der Waals surface area contributed by atoms with Crippen LogP contribution in [0.2, 0.25) is 0 Å². The predicted octanol–water partition coefficient (Wildman–Crippen LogP) is 6.79. The highest BCUT2D eigenvalue weighted by Gasteiger charge is 2.27. The first-order valence-corrected chi connectivity index (χ1v) is 8.01. The van der Waals surface area contributed by atoms with Gasteiger partial charge in [0.15, 0.2) is 0 Å². The fraction of sp³-hybridized carbons (Fsp3) is 0.714. The topological polar surface area (TPSA) is 0 Å². The van der Waals surface area contributed by atoms with Gasteiger partial charge in [-0.3, -0.25) is 0 Å². The highest BCUT2D eigenvalue weighted by atomic mass is 35.6. The number of hydrogen-bond acceptors (Lipinski definition) is 0. The van der Waals surface area contributed by atoms with Crippen LogP contribution >= 0.6 is 46.4 Å². The first-order chi connectivity index (χ1) is 8.40. The van der Waals surface area contributed by atoms with Crippen LogP contribution in [0.25, 0.3) is 0 Å². The van der Waals surface area contributed by atoms with E-state index >= 15 is 0 Å². The van der Waals surface area contributed by atoms with E-state index < -0.39 is 3.79 Å². The van der Waals surface area contributed by atoms with Gasteiger partial charge >= 0.3 is 0 Å². The summed E-state index contributed by atoms with van der Waals surface area (Å²) in [6.45, 7) is 2.26. The van der Waals surface area contributed by atoms with E-state index in [-0.39, 0.29) is 5.03 Å². The molecule has 1 saturated carbocycles. The van der Waals surface area contributed by atoms with Gasteiger partial charge < -0.3 is 0 Å². The van der Waals surface area contributed by atoms with Crippen molar-refractivity contribution in [2.24, 2.45) is 5.41 Å². The molecule has 1 fully saturated rings. The number of rotatable bonds is 4. The molecule has 0 aliphatic heterocycles. The van der Waals surface area contributed by atoms with E-state index in [1.165, 1.54) is 38.5 Å². The van der Waals surface area contributed by atoms with Gasteiger partial charge in [-0.1, -0.05) is 90.8 Å². The van der Waals surface area contributed by atoms with Crippen molar-refractivity contribution in [3.8, 4) is 0 Å². The Labute approximate surface area is 130 Å². The average molecular weight is 330 g/mol. The Bertz CT molecular complexity index is 306. The molecule has 0 heterocycles. The van der Waals surface area contributed by atoms with Crippen molar-refractivity contribution in [1.82, 2.24) is 0 Å². The van der Waals surface area contributed by atoms with Crippen molar-refractivity contribution in [3.05, 3.63) is 23.3 Å². The summed E-state index contributed by atoms with van der Waals surface area (Å²) in [5, 5.41) is 0.270. The predicted molar refractivity (Wildman–Crippen MR) is 83.8 cm³/mol. The minimum atomic E-state index is -1.50. The maximum absolute atomic E-state index is 5.88. The third-order valence-corrected chi connectivity index (χ3v) is 5.07. The van der Waals surface area contributed by atoms with Crippen molar-refractivity contribution >= 4 is 46.4 Å². The van der Waals surface area contributed by atoms with Crippen molar-refractivity contribution in [3.63, 3.8) is 0 Å². The lowest BCUT2D eigenvalue weighted by atomic mass is 9.72. The Morgan fingerprint density at radius 3 is 2.28 bits per heavy atom. The van der Waals surface area contributed by atoms with Crippen molar-refractivity contribution in [1.29, 1.82) is 0 Å². The molecule has 0 radical (unpaired) electrons. The van der Waals surface area contributed by atoms with Crippen molar-refractivity contribution in [2.45, 2.75) is 55.7 Å². The molecule has 0 spiro atoms. The van der Waals surface area contributed by atoms with Crippen LogP contribution in [0.1, 0.15) is 51.9 Å². The van der Waals surface area contributed by atoms with Gasteiger partial charge in [0.25, 0.3) is 0 Å². The highest BCUT2D eigenvalue weighted by Crippen LogP contribution is 2.41. The normalized spacial score (nSPS) is 21.5. The molecule has 1 rings (SSSR count). The van der Waals surface area contributed by atoms with Gasteiger partial charge in [0.05, 0.1) is 5.03 Å². The second-order valence-corrected chi connectivity index (χ2v) is 7.65. The highest BCUT2D eigenvalue weighted by molar-refractivity contribution is 6.72. The van der Waals surface area contributed by atoms with Crippen LogP contribution in [-0.2, 0) is 0 Å². The molecule has 0 atom stereocenters. The molecule has 0 aromatic rings. The average Bonchev–Trinajstić information content (AvgIpc) is 2.34. The van der Waals surface area contributed by atoms with Crippen LogP contribution in [-0.4, -0.2) is 3.79 Å². The van der Waals surface area contributed by atoms with E-state index in [9.17, 15) is 0 Å². The van der Waals surface area contributed by atoms with Crippen LogP contribution in [0.5, 0.6) is 0 Å². The molecule has 4 heteroatoms. The number of alkyl halides is 3. The van der Waals surface area contributed by atoms with E-state index in [1.807, 2.05) is 0 Å². The lowest BCUT2D eigenvalue weighted by Crippen LogP contribution is -2.20. The Balaban J connectivity index is 2.53. The van der Waals surface area contributed by atoms with Crippen LogP contribution < -0.4 is 0 Å². The van der Waals surface area contributed by atoms with E-state index in [0.717, 1.165) is 0 Å². The van der Waals surface area contributed by atoms with Gasteiger partial charge in [-0.05, 0) is 31.1 Å². The van der Waals surface area contributed by atoms with Crippen LogP contribution in [0.4, 0.5) is 0 Å². The second kappa shape index (κ2) is 7.43. The molecule has 1 aliphatic carbocycles. The quantitative estimate of drug-likeness (QED) is 0.393. The van der Waals surface area contributed by atoms with Gasteiger partial charge in [0.2, 0.25) is 3.79 Å². The SMILES string of the molecule is CCC1(C=CCC=C(Cl)C(Cl)(Cl)Cl)CCCCC1. The molecule has 104 valence electrons. The summed E-state index contributed by atoms with van der Waals surface area (Å²) in [4.78, 5) is 0. The van der Waals surface area contributed by atoms with Gasteiger partial charge in [-0.25, -0.2) is 0 Å². The third kappa shape index (κ3) is 5.33. The molecule has 0 bridgehead atoms. The van der Waals surface area contributed by atoms with Crippen LogP contribution in [0, 0.1) is 5.41 Å². The third-order valence-electron chi connectivity index (χ3n) is 3.73. The summed E-state index contributed by atoms with van der Waals surface area (Å²) in [5.74, 6) is 0. The molecule has 1 aliphatic rings. The Hall–Kier alpha value is 0.640. The van der Waals surface area contributed by atoms with E-state index in [0.29, 0.717) is 11.8 Å². The molecule has 18 heavy (non-hydrogen) atoms. The molecular formula is C14H20Cl4. The molecule has 0 saturated heterocycles. The van der Waals surface area contributed by atoms with Gasteiger partial charge in [-0.15, -0.1) is 0 Å². The van der Waals surface area contributed by atoms with Crippen LogP contribution in [0.3, 0.4) is 0 Å². The number of halogens is 4. The lowest BCUT2D eigenvalue weighted by Gasteiger charge is -2.33. The van der Waals surface area contributed by atoms with Gasteiger partial charge in [0, 0.05) is 0 Å². The summed E-state index contributed by atoms with van der Waals surface area (Å²) in [6, 6.07) is 0. The maximum atomic E-state index is 5.88. The van der Waals surface area contributed by atoms with E-state index in [2.05, 4.69) is 19.1 Å². The smallest absolute Gasteiger partial charge is 0.0848 e. The summed E-state index contributed by atoms with van der Waals surface area (Å²) in [7, 11) is 0. The second-order valence-electron chi connectivity index (χ2n) is 4.96. The van der Waals surface area contributed by atoms with Crippen LogP contribution in [0.15, 0.2) is 23.3 Å². The molecule has 0 amide bonds. The zero-order valence-electron chi connectivity index (χ0n) is 10.7. The molecular weight excluding hydrogens is 310 g/mol. The summed E-state index contributed by atoms with van der Waals surface area (Å²) in [5.41, 5.74) is 0.387. The summed E-state index contributed by atoms with van der Waals surface area (Å²) < 4.78 is -1.50. The maximum Gasteiger partial charge on any atom is 0.226 e. The largest absolute Gasteiger partial charge is 0.226 e. The van der Waals surface area contributed by atoms with E-state index in [1.54, 1.807) is 6.08 Å². The lowest BCUT2D eigenvalue weighted by molar-refractivity contribution is 0.248. The zero-order chi connectivity index (χ0) is 13.6. The molecule has 0 aromatic carbocycles. The molecule has 0 N–H and O–H groups in total. The first kappa shape index (κ1) is 16.7. The fourth-order valence-electron chi connectivity index (χ4n) is 2.50. The van der Waals surface area contributed by atoms with Gasteiger partial charge in [-0.2, -0.15) is 0 Å². The van der Waals surface area contributed by atoms with Gasteiger partial charge in [0.1, 0.15) is 0 Å². The standard InChI is InChI=1S/C14H20Cl4/c1-2-13(9-5-3-6-10-13)11-7-4-8-12(15)14(16,17)18/h7-8,11H,2-6,9-10H2,1H3. The first-order valence-electron chi connectivity index (χ1n) is 6.50. The Morgan fingerprint density at radius 2 is 1.78 bits per heavy atom. The van der Waals surface area contributed by atoms with Crippen molar-refractivity contribution in [2.75, 3.05) is 0 Å². The molecule has 0 unspecified atom stereocenters. The fourth-order valence-corrected chi connectivity index (χ4v) is 2.82. The molecule has 0 nitrogen and oxygen atoms in total. The zero-order valence-corrected chi connectivity index (χ0v) is 13.7. The Morgan fingerprint density at radius 1 is 1.17 bits per heavy atom. The summed E-state index contributed by atoms with van der Waals surface area (Å²) in [6.07, 6.45) is 14.8. The minimum absolute atomic E-state index is 0.270. The number of allylic oxidation sites excluding steroid dienone is 4. The minimum Gasteiger partial charge on any atom is -0.0848 e. The summed E-state index contributed by atoms with van der Waals surface area (Å²) >= 11 is 22.9. The van der Waals surface area contributed by atoms with E-state index in [4.69, 9.17) is 46.4 Å². The Kier molecular flexibility index (Phi) is 6.89. The number of hydrogen-bond donors (Lipinski definition) is 0. The van der Waals surface area contributed by atoms with Crippen molar-refractivity contribution < 1.29 is 0 Å².